The number of pyridine rings is 2. The highest BCUT2D eigenvalue weighted by Crippen LogP contribution is 2.21. The zero-order valence-electron chi connectivity index (χ0n) is 13.8. The molecule has 2 aromatic heterocycles. The number of hydrogen-bond acceptors (Lipinski definition) is 5. The third-order valence-corrected chi connectivity index (χ3v) is 4.59. The summed E-state index contributed by atoms with van der Waals surface area (Å²) in [5.41, 5.74) is 1.44. The molecule has 0 N–H and O–H groups in total. The fraction of sp³-hybridized carbons (Fsp3) is 0.471. The number of carbonyl (C=O) groups is 1. The van der Waals surface area contributed by atoms with E-state index in [1.165, 1.54) is 0 Å². The number of aromatic nitrogens is 2. The van der Waals surface area contributed by atoms with Crippen molar-refractivity contribution >= 4 is 16.8 Å². The van der Waals surface area contributed by atoms with E-state index in [1.807, 2.05) is 13.1 Å². The number of ether oxygens (including phenoxy) is 1. The molecule has 2 aromatic rings. The van der Waals surface area contributed by atoms with Crippen LogP contribution in [0.1, 0.15) is 16.8 Å². The van der Waals surface area contributed by atoms with Crippen molar-refractivity contribution in [3.63, 3.8) is 0 Å². The Kier molecular flexibility index (Phi) is 4.54. The SMILES string of the molecule is CO[C@H]1C[C@@H](CN(C)C(=O)c2ccnc3ccncc23)N(C)C1. The molecule has 1 fully saturated rings. The molecule has 0 aromatic carbocycles. The van der Waals surface area contributed by atoms with Gasteiger partial charge in [0.1, 0.15) is 0 Å². The molecular formula is C17H22N4O2. The minimum Gasteiger partial charge on any atom is -0.380 e. The minimum atomic E-state index is -0.000308. The van der Waals surface area contributed by atoms with Gasteiger partial charge in [0.15, 0.2) is 0 Å². The standard InChI is InChI=1S/C17H22N4O2/c1-20-11-13(23-3)8-12(20)10-21(2)17(22)14-4-7-19-16-5-6-18-9-15(14)16/h4-7,9,12-13H,8,10-11H2,1-3H3/t12-,13-/m0/s1. The van der Waals surface area contributed by atoms with Crippen LogP contribution in [-0.2, 0) is 4.74 Å². The summed E-state index contributed by atoms with van der Waals surface area (Å²) in [5.74, 6) is -0.000308. The fourth-order valence-corrected chi connectivity index (χ4v) is 3.19. The Balaban J connectivity index is 1.77. The first-order valence-corrected chi connectivity index (χ1v) is 7.77. The van der Waals surface area contributed by atoms with Crippen LogP contribution in [0.15, 0.2) is 30.7 Å². The van der Waals surface area contributed by atoms with Gasteiger partial charge in [0.05, 0.1) is 17.2 Å². The summed E-state index contributed by atoms with van der Waals surface area (Å²) in [4.78, 5) is 25.3. The third kappa shape index (κ3) is 3.18. The molecule has 0 unspecified atom stereocenters. The Morgan fingerprint density at radius 1 is 1.43 bits per heavy atom. The van der Waals surface area contributed by atoms with Crippen LogP contribution in [0.25, 0.3) is 10.9 Å². The maximum atomic E-state index is 12.8. The average Bonchev–Trinajstić information content (AvgIpc) is 2.93. The van der Waals surface area contributed by atoms with E-state index < -0.39 is 0 Å². The number of amides is 1. The first-order chi connectivity index (χ1) is 11.1. The molecule has 3 heterocycles. The Labute approximate surface area is 136 Å². The van der Waals surface area contributed by atoms with Crippen LogP contribution in [0.5, 0.6) is 0 Å². The van der Waals surface area contributed by atoms with Gasteiger partial charge in [-0.3, -0.25) is 19.7 Å². The quantitative estimate of drug-likeness (QED) is 0.854. The molecule has 0 spiro atoms. The maximum absolute atomic E-state index is 12.8. The monoisotopic (exact) mass is 314 g/mol. The Hall–Kier alpha value is -2.05. The summed E-state index contributed by atoms with van der Waals surface area (Å²) in [7, 11) is 5.67. The zero-order chi connectivity index (χ0) is 16.4. The summed E-state index contributed by atoms with van der Waals surface area (Å²) in [5, 5.41) is 0.793. The molecule has 122 valence electrons. The smallest absolute Gasteiger partial charge is 0.254 e. The van der Waals surface area contributed by atoms with Gasteiger partial charge in [-0.2, -0.15) is 0 Å². The number of methoxy groups -OCH3 is 1. The Morgan fingerprint density at radius 2 is 2.26 bits per heavy atom. The first-order valence-electron chi connectivity index (χ1n) is 7.77. The molecule has 1 aliphatic heterocycles. The van der Waals surface area contributed by atoms with Crippen LogP contribution in [0, 0.1) is 0 Å². The molecular weight excluding hydrogens is 292 g/mol. The lowest BCUT2D eigenvalue weighted by Crippen LogP contribution is -2.39. The third-order valence-electron chi connectivity index (χ3n) is 4.59. The van der Waals surface area contributed by atoms with Gasteiger partial charge in [-0.15, -0.1) is 0 Å². The number of likely N-dealkylation sites (tertiary alicyclic amines) is 1. The minimum absolute atomic E-state index is 0.000308. The van der Waals surface area contributed by atoms with Gasteiger partial charge in [-0.1, -0.05) is 0 Å². The summed E-state index contributed by atoms with van der Waals surface area (Å²) in [6.07, 6.45) is 6.26. The van der Waals surface area contributed by atoms with Crippen LogP contribution >= 0.6 is 0 Å². The molecule has 0 bridgehead atoms. The van der Waals surface area contributed by atoms with Crippen molar-refractivity contribution in [1.29, 1.82) is 0 Å². The van der Waals surface area contributed by atoms with Crippen molar-refractivity contribution in [1.82, 2.24) is 19.8 Å². The molecule has 6 nitrogen and oxygen atoms in total. The fourth-order valence-electron chi connectivity index (χ4n) is 3.19. The van der Waals surface area contributed by atoms with Gasteiger partial charge in [-0.25, -0.2) is 0 Å². The van der Waals surface area contributed by atoms with Crippen LogP contribution in [0.3, 0.4) is 0 Å². The number of carbonyl (C=O) groups excluding carboxylic acids is 1. The average molecular weight is 314 g/mol. The predicted octanol–water partition coefficient (Wildman–Crippen LogP) is 1.42. The van der Waals surface area contributed by atoms with Gasteiger partial charge >= 0.3 is 0 Å². The molecule has 0 saturated carbocycles. The van der Waals surface area contributed by atoms with Gasteiger partial charge in [0.2, 0.25) is 0 Å². The van der Waals surface area contributed by atoms with E-state index in [-0.39, 0.29) is 12.0 Å². The highest BCUT2D eigenvalue weighted by molar-refractivity contribution is 6.05. The molecule has 0 radical (unpaired) electrons. The largest absolute Gasteiger partial charge is 0.380 e. The van der Waals surface area contributed by atoms with Crippen molar-refractivity contribution in [2.75, 3.05) is 34.3 Å². The van der Waals surface area contributed by atoms with E-state index in [0.717, 1.165) is 23.9 Å². The second-order valence-corrected chi connectivity index (χ2v) is 6.12. The maximum Gasteiger partial charge on any atom is 0.254 e. The van der Waals surface area contributed by atoms with E-state index in [2.05, 4.69) is 21.9 Å². The number of hydrogen-bond donors (Lipinski definition) is 0. The summed E-state index contributed by atoms with van der Waals surface area (Å²) < 4.78 is 5.43. The van der Waals surface area contributed by atoms with Crippen molar-refractivity contribution in [2.45, 2.75) is 18.6 Å². The van der Waals surface area contributed by atoms with Crippen LogP contribution in [0.2, 0.25) is 0 Å². The summed E-state index contributed by atoms with van der Waals surface area (Å²) in [6.45, 7) is 1.59. The molecule has 23 heavy (non-hydrogen) atoms. The lowest BCUT2D eigenvalue weighted by Gasteiger charge is -2.26. The molecule has 6 heteroatoms. The predicted molar refractivity (Wildman–Crippen MR) is 88.3 cm³/mol. The van der Waals surface area contributed by atoms with Crippen LogP contribution in [0.4, 0.5) is 0 Å². The van der Waals surface area contributed by atoms with Crippen LogP contribution < -0.4 is 0 Å². The highest BCUT2D eigenvalue weighted by atomic mass is 16.5. The lowest BCUT2D eigenvalue weighted by molar-refractivity contribution is 0.0762. The van der Waals surface area contributed by atoms with E-state index >= 15 is 0 Å². The van der Waals surface area contributed by atoms with E-state index in [1.54, 1.807) is 36.7 Å². The molecule has 3 rings (SSSR count). The Morgan fingerprint density at radius 3 is 3.00 bits per heavy atom. The van der Waals surface area contributed by atoms with Crippen LogP contribution in [-0.4, -0.2) is 72.1 Å². The zero-order valence-corrected chi connectivity index (χ0v) is 13.8. The number of nitrogens with zero attached hydrogens (tertiary/aromatic N) is 4. The van der Waals surface area contributed by atoms with Gasteiger partial charge in [0, 0.05) is 57.3 Å². The molecule has 0 aliphatic carbocycles. The Bertz CT molecular complexity index is 701. The van der Waals surface area contributed by atoms with E-state index in [0.29, 0.717) is 18.2 Å². The molecule has 2 atom stereocenters. The number of likely N-dealkylation sites (N-methyl/N-ethyl adjacent to an activating group) is 2. The van der Waals surface area contributed by atoms with Gasteiger partial charge < -0.3 is 9.64 Å². The second-order valence-electron chi connectivity index (χ2n) is 6.12. The van der Waals surface area contributed by atoms with E-state index in [4.69, 9.17) is 4.74 Å². The lowest BCUT2D eigenvalue weighted by atomic mass is 10.1. The second kappa shape index (κ2) is 6.60. The normalized spacial score (nSPS) is 21.7. The van der Waals surface area contributed by atoms with Crippen molar-refractivity contribution in [3.05, 3.63) is 36.3 Å². The van der Waals surface area contributed by atoms with Gasteiger partial charge in [-0.05, 0) is 25.6 Å². The summed E-state index contributed by atoms with van der Waals surface area (Å²) in [6, 6.07) is 3.90. The van der Waals surface area contributed by atoms with E-state index in [9.17, 15) is 4.79 Å². The summed E-state index contributed by atoms with van der Waals surface area (Å²) >= 11 is 0. The number of rotatable bonds is 4. The molecule has 1 aliphatic rings. The van der Waals surface area contributed by atoms with Crippen molar-refractivity contribution < 1.29 is 9.53 Å². The topological polar surface area (TPSA) is 58.6 Å². The number of fused-ring (bicyclic) bond motifs is 1. The highest BCUT2D eigenvalue weighted by Gasteiger charge is 2.31. The van der Waals surface area contributed by atoms with Crippen molar-refractivity contribution in [2.24, 2.45) is 0 Å². The molecule has 1 saturated heterocycles. The van der Waals surface area contributed by atoms with Gasteiger partial charge in [0.25, 0.3) is 5.91 Å². The first kappa shape index (κ1) is 15.8. The van der Waals surface area contributed by atoms with Crippen molar-refractivity contribution in [3.8, 4) is 0 Å². The molecule has 1 amide bonds.